The van der Waals surface area contributed by atoms with Gasteiger partial charge in [-0.25, -0.2) is 9.59 Å². The summed E-state index contributed by atoms with van der Waals surface area (Å²) in [6.45, 7) is 8.61. The highest BCUT2D eigenvalue weighted by atomic mass is 35.5. The van der Waals surface area contributed by atoms with Gasteiger partial charge in [0.2, 0.25) is 0 Å². The molecule has 2 fully saturated rings. The van der Waals surface area contributed by atoms with Gasteiger partial charge in [0, 0.05) is 23.4 Å². The molecule has 2 aliphatic rings. The van der Waals surface area contributed by atoms with E-state index in [1.165, 1.54) is 18.2 Å². The van der Waals surface area contributed by atoms with Gasteiger partial charge in [-0.15, -0.1) is 0 Å². The number of nitrogens with one attached hydrogen (secondary N) is 2. The van der Waals surface area contributed by atoms with Gasteiger partial charge in [-0.05, 0) is 58.7 Å². The van der Waals surface area contributed by atoms with Gasteiger partial charge in [0.05, 0.1) is 29.7 Å². The number of benzene rings is 1. The Morgan fingerprint density at radius 3 is 2.31 bits per heavy atom. The van der Waals surface area contributed by atoms with E-state index in [1.54, 1.807) is 34.6 Å². The van der Waals surface area contributed by atoms with Crippen LogP contribution >= 0.6 is 23.2 Å². The summed E-state index contributed by atoms with van der Waals surface area (Å²) in [5.74, 6) is -3.52. The molecule has 35 heavy (non-hydrogen) atoms. The number of alkyl carbamates (subject to hydrolysis) is 1. The first-order chi connectivity index (χ1) is 16.3. The van der Waals surface area contributed by atoms with Crippen LogP contribution in [-0.4, -0.2) is 54.3 Å². The lowest BCUT2D eigenvalue weighted by molar-refractivity contribution is -0.153. The van der Waals surface area contributed by atoms with E-state index in [9.17, 15) is 19.2 Å². The monoisotopic (exact) mass is 528 g/mol. The molecule has 5 unspecified atom stereocenters. The van der Waals surface area contributed by atoms with Crippen molar-refractivity contribution in [2.24, 2.45) is 17.8 Å². The normalized spacial score (nSPS) is 26.8. The van der Waals surface area contributed by atoms with Crippen LogP contribution in [0.2, 0.25) is 10.0 Å². The van der Waals surface area contributed by atoms with Crippen molar-refractivity contribution in [2.75, 3.05) is 13.2 Å². The molecule has 0 saturated heterocycles. The minimum Gasteiger partial charge on any atom is -0.466 e. The molecule has 0 aliphatic heterocycles. The summed E-state index contributed by atoms with van der Waals surface area (Å²) in [6.07, 6.45) is -0.820. The highest BCUT2D eigenvalue weighted by Gasteiger charge is 2.76. The summed E-state index contributed by atoms with van der Waals surface area (Å²) >= 11 is 12.1. The molecule has 11 heteroatoms. The fourth-order valence-corrected chi connectivity index (χ4v) is 5.34. The quantitative estimate of drug-likeness (QED) is 0.408. The topological polar surface area (TPSA) is 120 Å². The lowest BCUT2D eigenvalue weighted by atomic mass is 9.88. The van der Waals surface area contributed by atoms with Crippen molar-refractivity contribution in [1.82, 2.24) is 10.6 Å². The van der Waals surface area contributed by atoms with Crippen LogP contribution in [-0.2, 0) is 23.8 Å². The summed E-state index contributed by atoms with van der Waals surface area (Å²) in [6, 6.07) is 3.82. The SMILES string of the molecule is CCOC(=O)C1C2C(NC(=O)c3ccc(Cl)cc3Cl)CC(NC(=O)OC(C)(C)C)(C(=O)OCC)C12. The molecule has 0 radical (unpaired) electrons. The summed E-state index contributed by atoms with van der Waals surface area (Å²) in [7, 11) is 0. The van der Waals surface area contributed by atoms with Crippen molar-refractivity contribution in [3.63, 3.8) is 0 Å². The smallest absolute Gasteiger partial charge is 0.408 e. The Morgan fingerprint density at radius 1 is 1.09 bits per heavy atom. The van der Waals surface area contributed by atoms with E-state index < -0.39 is 58.9 Å². The highest BCUT2D eigenvalue weighted by Crippen LogP contribution is 2.63. The predicted octanol–water partition coefficient (Wildman–Crippen LogP) is 3.75. The zero-order valence-electron chi connectivity index (χ0n) is 20.3. The largest absolute Gasteiger partial charge is 0.466 e. The van der Waals surface area contributed by atoms with Gasteiger partial charge in [-0.3, -0.25) is 9.59 Å². The van der Waals surface area contributed by atoms with E-state index in [-0.39, 0.29) is 30.2 Å². The zero-order chi connectivity index (χ0) is 26.1. The molecule has 0 heterocycles. The average molecular weight is 529 g/mol. The van der Waals surface area contributed by atoms with E-state index in [0.717, 1.165) is 0 Å². The van der Waals surface area contributed by atoms with Crippen LogP contribution in [0.3, 0.4) is 0 Å². The summed E-state index contributed by atoms with van der Waals surface area (Å²) in [5, 5.41) is 6.08. The number of ether oxygens (including phenoxy) is 3. The van der Waals surface area contributed by atoms with Gasteiger partial charge in [0.15, 0.2) is 0 Å². The maximum absolute atomic E-state index is 13.2. The maximum Gasteiger partial charge on any atom is 0.408 e. The molecule has 9 nitrogen and oxygen atoms in total. The molecule has 2 saturated carbocycles. The van der Waals surface area contributed by atoms with Crippen molar-refractivity contribution in [2.45, 2.75) is 58.2 Å². The molecule has 0 bridgehead atoms. The second-order valence-electron chi connectivity index (χ2n) is 9.61. The van der Waals surface area contributed by atoms with Gasteiger partial charge in [-0.1, -0.05) is 23.2 Å². The fourth-order valence-electron chi connectivity index (χ4n) is 4.85. The molecule has 2 aliphatic carbocycles. The maximum atomic E-state index is 13.2. The number of amides is 2. The predicted molar refractivity (Wildman–Crippen MR) is 128 cm³/mol. The lowest BCUT2D eigenvalue weighted by Gasteiger charge is -2.33. The van der Waals surface area contributed by atoms with Crippen LogP contribution in [0.25, 0.3) is 0 Å². The van der Waals surface area contributed by atoms with Crippen molar-refractivity contribution in [1.29, 1.82) is 0 Å². The third kappa shape index (κ3) is 5.67. The Hall–Kier alpha value is -2.52. The first-order valence-electron chi connectivity index (χ1n) is 11.5. The Labute approximate surface area is 214 Å². The molecule has 3 rings (SSSR count). The number of fused-ring (bicyclic) bond motifs is 1. The van der Waals surface area contributed by atoms with Gasteiger partial charge >= 0.3 is 18.0 Å². The first kappa shape index (κ1) is 27.1. The standard InChI is InChI=1S/C24H30Cl2N2O7/c1-6-33-20(30)17-16-15(27-19(29)13-9-8-12(25)10-14(13)26)11-24(18(16)17,21(31)34-7-2)28-22(32)35-23(3,4)5/h8-10,15-18H,6-7,11H2,1-5H3,(H,27,29)(H,28,32). The molecule has 192 valence electrons. The minimum absolute atomic E-state index is 0.00721. The minimum atomic E-state index is -1.58. The lowest BCUT2D eigenvalue weighted by Crippen LogP contribution is -2.59. The fraction of sp³-hybridized carbons (Fsp3) is 0.583. The number of rotatable bonds is 7. The molecule has 2 amide bonds. The van der Waals surface area contributed by atoms with E-state index >= 15 is 0 Å². The molecule has 1 aromatic carbocycles. The number of carbonyl (C=O) groups excluding carboxylic acids is 4. The van der Waals surface area contributed by atoms with Crippen molar-refractivity contribution in [3.8, 4) is 0 Å². The Balaban J connectivity index is 1.94. The number of esters is 2. The number of halogens is 2. The second-order valence-corrected chi connectivity index (χ2v) is 10.5. The molecular weight excluding hydrogens is 499 g/mol. The van der Waals surface area contributed by atoms with E-state index in [2.05, 4.69) is 10.6 Å². The van der Waals surface area contributed by atoms with Crippen molar-refractivity contribution in [3.05, 3.63) is 33.8 Å². The van der Waals surface area contributed by atoms with Crippen LogP contribution in [0.15, 0.2) is 18.2 Å². The number of hydrogen-bond donors (Lipinski definition) is 2. The molecule has 5 atom stereocenters. The average Bonchev–Trinajstić information content (AvgIpc) is 3.40. The number of hydrogen-bond acceptors (Lipinski definition) is 7. The van der Waals surface area contributed by atoms with Gasteiger partial charge in [0.25, 0.3) is 5.91 Å². The summed E-state index contributed by atoms with van der Waals surface area (Å²) in [4.78, 5) is 51.7. The van der Waals surface area contributed by atoms with Crippen molar-refractivity contribution < 1.29 is 33.4 Å². The van der Waals surface area contributed by atoms with Crippen LogP contribution in [0, 0.1) is 17.8 Å². The molecule has 0 aromatic heterocycles. The highest BCUT2D eigenvalue weighted by molar-refractivity contribution is 6.36. The Morgan fingerprint density at radius 2 is 1.74 bits per heavy atom. The van der Waals surface area contributed by atoms with E-state index in [0.29, 0.717) is 5.02 Å². The third-order valence-electron chi connectivity index (χ3n) is 6.07. The van der Waals surface area contributed by atoms with Crippen LogP contribution in [0.4, 0.5) is 4.79 Å². The van der Waals surface area contributed by atoms with Gasteiger partial charge in [-0.2, -0.15) is 0 Å². The van der Waals surface area contributed by atoms with Crippen LogP contribution in [0.5, 0.6) is 0 Å². The molecule has 2 N–H and O–H groups in total. The van der Waals surface area contributed by atoms with Crippen LogP contribution in [0.1, 0.15) is 51.4 Å². The van der Waals surface area contributed by atoms with Crippen molar-refractivity contribution >= 4 is 47.1 Å². The Kier molecular flexibility index (Phi) is 7.91. The van der Waals surface area contributed by atoms with E-state index in [1.807, 2.05) is 0 Å². The summed E-state index contributed by atoms with van der Waals surface area (Å²) < 4.78 is 15.9. The Bertz CT molecular complexity index is 1030. The van der Waals surface area contributed by atoms with E-state index in [4.69, 9.17) is 37.4 Å². The second kappa shape index (κ2) is 10.2. The first-order valence-corrected chi connectivity index (χ1v) is 12.2. The summed E-state index contributed by atoms with van der Waals surface area (Å²) in [5.41, 5.74) is -2.21. The van der Waals surface area contributed by atoms with Gasteiger partial charge < -0.3 is 24.8 Å². The third-order valence-corrected chi connectivity index (χ3v) is 6.61. The van der Waals surface area contributed by atoms with Gasteiger partial charge in [0.1, 0.15) is 11.1 Å². The molecular formula is C24H30Cl2N2O7. The molecule has 1 aromatic rings. The van der Waals surface area contributed by atoms with Crippen LogP contribution < -0.4 is 10.6 Å². The zero-order valence-corrected chi connectivity index (χ0v) is 21.8. The number of carbonyl (C=O) groups is 4. The molecule has 0 spiro atoms.